The average molecular weight is 537 g/mol. The fourth-order valence-corrected chi connectivity index (χ4v) is 4.97. The summed E-state index contributed by atoms with van der Waals surface area (Å²) in [6.07, 6.45) is 9.20. The van der Waals surface area contributed by atoms with Crippen molar-refractivity contribution in [2.45, 2.75) is 80.1 Å². The molecule has 0 bridgehead atoms. The first kappa shape index (κ1) is 32.9. The van der Waals surface area contributed by atoms with E-state index in [1.165, 1.54) is 47.3 Å². The van der Waals surface area contributed by atoms with Gasteiger partial charge in [-0.3, -0.25) is 0 Å². The van der Waals surface area contributed by atoms with Crippen LogP contribution in [0.1, 0.15) is 83.1 Å². The number of unbranched alkanes of at least 4 members (excludes halogenated alkanes) is 1. The maximum absolute atomic E-state index is 5.53. The summed E-state index contributed by atoms with van der Waals surface area (Å²) in [5.74, 6) is 2.71. The molecule has 3 aromatic rings. The van der Waals surface area contributed by atoms with Crippen molar-refractivity contribution >= 4 is 5.69 Å². The lowest BCUT2D eigenvalue weighted by atomic mass is 9.83. The molecule has 40 heavy (non-hydrogen) atoms. The first-order valence-electron chi connectivity index (χ1n) is 14.9. The van der Waals surface area contributed by atoms with Crippen LogP contribution in [0.2, 0.25) is 0 Å². The van der Waals surface area contributed by atoms with Crippen molar-refractivity contribution in [2.75, 3.05) is 31.1 Å². The predicted molar refractivity (Wildman–Crippen MR) is 178 cm³/mol. The van der Waals surface area contributed by atoms with Gasteiger partial charge in [0.15, 0.2) is 0 Å². The minimum absolute atomic E-state index is 0.274. The van der Waals surface area contributed by atoms with Gasteiger partial charge in [0.25, 0.3) is 0 Å². The van der Waals surface area contributed by atoms with Gasteiger partial charge in [-0.25, -0.2) is 0 Å². The topological polar surface area (TPSA) is 6.48 Å². The third-order valence-corrected chi connectivity index (χ3v) is 7.33. The molecule has 2 nitrogen and oxygen atoms in total. The lowest BCUT2D eigenvalue weighted by molar-refractivity contribution is 0.281. The minimum atomic E-state index is 0.274. The number of rotatable bonds is 11. The lowest BCUT2D eigenvalue weighted by Crippen LogP contribution is -2.29. The van der Waals surface area contributed by atoms with Crippen molar-refractivity contribution in [3.05, 3.63) is 101 Å². The number of hydrogen-bond acceptors (Lipinski definition) is 2. The van der Waals surface area contributed by atoms with Gasteiger partial charge in [0, 0.05) is 23.5 Å². The molecule has 2 heteroatoms. The standard InChI is InChI=1S/C26H34N2.C12H18/c1-6-9-18-27(8-3)19-11-20-28(22(4)5)26-16-14-24(15-17-26)25-13-10-12-23(7-2)21-25;1-9-6-7-10(2)11(8-9)12(3,4)5/h2,10,12-17,21H,4,6,8-9,11,18-20H2,1,3,5H3;6-8H,1-5H3. The van der Waals surface area contributed by atoms with Gasteiger partial charge in [-0.1, -0.05) is 102 Å². The molecule has 0 aliphatic carbocycles. The molecule has 0 radical (unpaired) electrons. The van der Waals surface area contributed by atoms with E-state index < -0.39 is 0 Å². The number of benzene rings is 3. The summed E-state index contributed by atoms with van der Waals surface area (Å²) < 4.78 is 0. The van der Waals surface area contributed by atoms with E-state index in [1.807, 2.05) is 12.1 Å². The zero-order chi connectivity index (χ0) is 29.7. The molecule has 0 saturated carbocycles. The van der Waals surface area contributed by atoms with Gasteiger partial charge in [0.1, 0.15) is 0 Å². The number of hydrogen-bond donors (Lipinski definition) is 0. The lowest BCUT2D eigenvalue weighted by Gasteiger charge is -2.27. The van der Waals surface area contributed by atoms with E-state index in [2.05, 4.69) is 132 Å². The molecule has 0 aromatic heterocycles. The molecule has 0 amide bonds. The van der Waals surface area contributed by atoms with E-state index in [9.17, 15) is 0 Å². The first-order chi connectivity index (χ1) is 19.0. The van der Waals surface area contributed by atoms with Crippen LogP contribution in [0.4, 0.5) is 5.69 Å². The summed E-state index contributed by atoms with van der Waals surface area (Å²) in [4.78, 5) is 4.86. The molecular weight excluding hydrogens is 484 g/mol. The molecule has 0 unspecified atom stereocenters. The van der Waals surface area contributed by atoms with Crippen LogP contribution in [0.25, 0.3) is 11.1 Å². The highest BCUT2D eigenvalue weighted by Gasteiger charge is 2.15. The predicted octanol–water partition coefficient (Wildman–Crippen LogP) is 9.79. The maximum Gasteiger partial charge on any atom is 0.0408 e. The molecular formula is C38H52N2. The van der Waals surface area contributed by atoms with Crippen LogP contribution in [-0.4, -0.2) is 31.1 Å². The maximum atomic E-state index is 5.53. The Bertz CT molecular complexity index is 1240. The van der Waals surface area contributed by atoms with E-state index in [4.69, 9.17) is 6.42 Å². The third-order valence-electron chi connectivity index (χ3n) is 7.33. The molecule has 0 heterocycles. The van der Waals surface area contributed by atoms with Crippen molar-refractivity contribution in [1.29, 1.82) is 0 Å². The zero-order valence-corrected chi connectivity index (χ0v) is 26.5. The largest absolute Gasteiger partial charge is 0.346 e. The monoisotopic (exact) mass is 536 g/mol. The number of aryl methyl sites for hydroxylation is 2. The normalized spacial score (nSPS) is 11.0. The van der Waals surface area contributed by atoms with Crippen LogP contribution in [-0.2, 0) is 5.41 Å². The Morgan fingerprint density at radius 3 is 2.08 bits per heavy atom. The molecule has 0 aliphatic rings. The third kappa shape index (κ3) is 10.4. The quantitative estimate of drug-likeness (QED) is 0.225. The number of allylic oxidation sites excluding steroid dienone is 1. The average Bonchev–Trinajstić information content (AvgIpc) is 2.94. The summed E-state index contributed by atoms with van der Waals surface area (Å²) in [5.41, 5.74) is 10.0. The molecule has 0 fully saturated rings. The highest BCUT2D eigenvalue weighted by atomic mass is 15.2. The molecule has 0 N–H and O–H groups in total. The van der Waals surface area contributed by atoms with Crippen LogP contribution in [0.3, 0.4) is 0 Å². The molecule has 0 spiro atoms. The van der Waals surface area contributed by atoms with Crippen molar-refractivity contribution in [3.63, 3.8) is 0 Å². The van der Waals surface area contributed by atoms with Crippen molar-refractivity contribution < 1.29 is 0 Å². The van der Waals surface area contributed by atoms with Crippen molar-refractivity contribution in [2.24, 2.45) is 0 Å². The second-order valence-corrected chi connectivity index (χ2v) is 11.9. The van der Waals surface area contributed by atoms with E-state index in [0.29, 0.717) is 0 Å². The Kier molecular flexibility index (Phi) is 13.3. The number of terminal acetylenes is 1. The summed E-state index contributed by atoms with van der Waals surface area (Å²) in [6.45, 7) is 26.3. The summed E-state index contributed by atoms with van der Waals surface area (Å²) >= 11 is 0. The highest BCUT2D eigenvalue weighted by Crippen LogP contribution is 2.27. The highest BCUT2D eigenvalue weighted by molar-refractivity contribution is 5.68. The first-order valence-corrected chi connectivity index (χ1v) is 14.9. The zero-order valence-electron chi connectivity index (χ0n) is 26.5. The smallest absolute Gasteiger partial charge is 0.0408 e. The molecule has 0 saturated heterocycles. The second kappa shape index (κ2) is 16.1. The fraction of sp³-hybridized carbons (Fsp3) is 0.421. The van der Waals surface area contributed by atoms with Gasteiger partial charge in [0.05, 0.1) is 0 Å². The van der Waals surface area contributed by atoms with Crippen molar-refractivity contribution in [3.8, 4) is 23.5 Å². The summed E-state index contributed by atoms with van der Waals surface area (Å²) in [6, 6.07) is 23.5. The Labute approximate surface area is 246 Å². The molecule has 3 rings (SSSR count). The Morgan fingerprint density at radius 2 is 1.52 bits per heavy atom. The SMILES string of the molecule is C#Cc1cccc(-c2ccc(N(CCCN(CC)CCCC)C(=C)C)cc2)c1.Cc1ccc(C)c(C(C)(C)C)c1. The fourth-order valence-electron chi connectivity index (χ4n) is 4.97. The van der Waals surface area contributed by atoms with E-state index in [-0.39, 0.29) is 5.41 Å². The Hall–Kier alpha value is -3.28. The van der Waals surface area contributed by atoms with Gasteiger partial charge >= 0.3 is 0 Å². The van der Waals surface area contributed by atoms with Crippen LogP contribution in [0, 0.1) is 26.2 Å². The Morgan fingerprint density at radius 1 is 0.850 bits per heavy atom. The second-order valence-electron chi connectivity index (χ2n) is 11.9. The Balaban J connectivity index is 0.000000389. The van der Waals surface area contributed by atoms with Gasteiger partial charge in [-0.15, -0.1) is 6.42 Å². The summed E-state index contributed by atoms with van der Waals surface area (Å²) in [5, 5.41) is 0. The van der Waals surface area contributed by atoms with Gasteiger partial charge in [-0.05, 0) is 105 Å². The summed E-state index contributed by atoms with van der Waals surface area (Å²) in [7, 11) is 0. The molecule has 0 aliphatic heterocycles. The van der Waals surface area contributed by atoms with Crippen LogP contribution in [0.5, 0.6) is 0 Å². The van der Waals surface area contributed by atoms with Crippen LogP contribution >= 0.6 is 0 Å². The van der Waals surface area contributed by atoms with Gasteiger partial charge < -0.3 is 9.80 Å². The molecule has 3 aromatic carbocycles. The number of anilines is 1. The van der Waals surface area contributed by atoms with E-state index in [0.717, 1.165) is 42.9 Å². The van der Waals surface area contributed by atoms with E-state index in [1.54, 1.807) is 0 Å². The minimum Gasteiger partial charge on any atom is -0.346 e. The van der Waals surface area contributed by atoms with Crippen LogP contribution in [0.15, 0.2) is 79.0 Å². The van der Waals surface area contributed by atoms with Gasteiger partial charge in [0.2, 0.25) is 0 Å². The van der Waals surface area contributed by atoms with E-state index >= 15 is 0 Å². The molecule has 0 atom stereocenters. The number of nitrogens with zero attached hydrogens (tertiary/aromatic N) is 2. The molecule has 214 valence electrons. The van der Waals surface area contributed by atoms with Crippen molar-refractivity contribution in [1.82, 2.24) is 4.90 Å². The van der Waals surface area contributed by atoms with Gasteiger partial charge in [-0.2, -0.15) is 0 Å². The van der Waals surface area contributed by atoms with Crippen LogP contribution < -0.4 is 4.90 Å².